The average molecular weight is 341 g/mol. The van der Waals surface area contributed by atoms with E-state index >= 15 is 0 Å². The summed E-state index contributed by atoms with van der Waals surface area (Å²) in [7, 11) is 1.92. The van der Waals surface area contributed by atoms with Gasteiger partial charge in [0.2, 0.25) is 5.91 Å². The first kappa shape index (κ1) is 17.6. The molecule has 1 aromatic heterocycles. The standard InChI is InChI=1S/C20H27N3O2/c1-23(15-9-5-3-2-4-6-10-15)19(24)14-13-18-21-17-12-8-7-11-16(17)20(25)22-18/h7-8,11-12,15H,2-6,9-10,13-14H2,1H3,(H,21,22,25). The number of carbonyl (C=O) groups is 1. The molecule has 1 saturated carbocycles. The minimum absolute atomic E-state index is 0.138. The summed E-state index contributed by atoms with van der Waals surface area (Å²) in [6, 6.07) is 7.64. The highest BCUT2D eigenvalue weighted by Gasteiger charge is 2.20. The highest BCUT2D eigenvalue weighted by Crippen LogP contribution is 2.21. The SMILES string of the molecule is CN(C(=O)CCc1nc2ccccc2c(=O)[nH]1)C1CCCCCCC1. The molecule has 0 atom stereocenters. The van der Waals surface area contributed by atoms with Crippen LogP contribution >= 0.6 is 0 Å². The molecule has 0 radical (unpaired) electrons. The predicted molar refractivity (Wildman–Crippen MR) is 99.6 cm³/mol. The Bertz CT molecular complexity index is 776. The quantitative estimate of drug-likeness (QED) is 0.926. The number of H-pyrrole nitrogens is 1. The Morgan fingerprint density at radius 3 is 2.60 bits per heavy atom. The maximum Gasteiger partial charge on any atom is 0.258 e. The van der Waals surface area contributed by atoms with E-state index in [4.69, 9.17) is 0 Å². The number of aromatic nitrogens is 2. The van der Waals surface area contributed by atoms with E-state index < -0.39 is 0 Å². The topological polar surface area (TPSA) is 66.1 Å². The van der Waals surface area contributed by atoms with E-state index in [2.05, 4.69) is 9.97 Å². The Morgan fingerprint density at radius 1 is 1.16 bits per heavy atom. The zero-order valence-electron chi connectivity index (χ0n) is 15.0. The summed E-state index contributed by atoms with van der Waals surface area (Å²) < 4.78 is 0. The van der Waals surface area contributed by atoms with E-state index in [0.29, 0.717) is 35.6 Å². The predicted octanol–water partition coefficient (Wildman–Crippen LogP) is 3.43. The number of rotatable bonds is 4. The lowest BCUT2D eigenvalue weighted by molar-refractivity contribution is -0.132. The van der Waals surface area contributed by atoms with Gasteiger partial charge in [-0.25, -0.2) is 4.98 Å². The van der Waals surface area contributed by atoms with Crippen LogP contribution in [0, 0.1) is 0 Å². The number of aryl methyl sites for hydroxylation is 1. The molecular formula is C20H27N3O2. The number of nitrogens with zero attached hydrogens (tertiary/aromatic N) is 2. The third-order valence-corrected chi connectivity index (χ3v) is 5.25. The summed E-state index contributed by atoms with van der Waals surface area (Å²) >= 11 is 0. The third kappa shape index (κ3) is 4.47. The smallest absolute Gasteiger partial charge is 0.258 e. The molecule has 2 aromatic rings. The Labute approximate surface area is 148 Å². The van der Waals surface area contributed by atoms with Gasteiger partial charge in [-0.1, -0.05) is 44.2 Å². The van der Waals surface area contributed by atoms with Crippen molar-refractivity contribution in [3.8, 4) is 0 Å². The summed E-state index contributed by atoms with van der Waals surface area (Å²) in [6.07, 6.45) is 9.36. The number of hydrogen-bond acceptors (Lipinski definition) is 3. The second kappa shape index (κ2) is 8.28. The molecule has 25 heavy (non-hydrogen) atoms. The molecular weight excluding hydrogens is 314 g/mol. The highest BCUT2D eigenvalue weighted by molar-refractivity contribution is 5.78. The molecule has 1 N–H and O–H groups in total. The molecule has 3 rings (SSSR count). The Balaban J connectivity index is 1.62. The average Bonchev–Trinajstić information content (AvgIpc) is 2.59. The van der Waals surface area contributed by atoms with E-state index in [0.717, 1.165) is 12.8 Å². The maximum atomic E-state index is 12.6. The number of amides is 1. The lowest BCUT2D eigenvalue weighted by Crippen LogP contribution is -2.37. The molecule has 1 aliphatic carbocycles. The molecule has 1 heterocycles. The molecule has 0 spiro atoms. The minimum Gasteiger partial charge on any atom is -0.343 e. The number of hydrogen-bond donors (Lipinski definition) is 1. The molecule has 1 amide bonds. The number of benzene rings is 1. The van der Waals surface area contributed by atoms with Gasteiger partial charge in [-0.2, -0.15) is 0 Å². The zero-order valence-corrected chi connectivity index (χ0v) is 15.0. The number of fused-ring (bicyclic) bond motifs is 1. The Kier molecular flexibility index (Phi) is 5.84. The molecule has 5 heteroatoms. The van der Waals surface area contributed by atoms with Crippen molar-refractivity contribution in [2.75, 3.05) is 7.05 Å². The van der Waals surface area contributed by atoms with Crippen LogP contribution in [0.1, 0.15) is 57.2 Å². The molecule has 0 aliphatic heterocycles. The molecule has 134 valence electrons. The van der Waals surface area contributed by atoms with Crippen LogP contribution in [0.3, 0.4) is 0 Å². The van der Waals surface area contributed by atoms with Gasteiger partial charge in [0.05, 0.1) is 10.9 Å². The van der Waals surface area contributed by atoms with Gasteiger partial charge in [-0.3, -0.25) is 9.59 Å². The summed E-state index contributed by atoms with van der Waals surface area (Å²) in [5.41, 5.74) is 0.545. The second-order valence-electron chi connectivity index (χ2n) is 7.03. The third-order valence-electron chi connectivity index (χ3n) is 5.25. The van der Waals surface area contributed by atoms with Crippen molar-refractivity contribution in [1.82, 2.24) is 14.9 Å². The normalized spacial score (nSPS) is 16.4. The molecule has 1 aromatic carbocycles. The molecule has 5 nitrogen and oxygen atoms in total. The first-order valence-electron chi connectivity index (χ1n) is 9.39. The summed E-state index contributed by atoms with van der Waals surface area (Å²) in [6.45, 7) is 0. The maximum absolute atomic E-state index is 12.6. The number of aromatic amines is 1. The fraction of sp³-hybridized carbons (Fsp3) is 0.550. The van der Waals surface area contributed by atoms with Crippen LogP contribution in [-0.4, -0.2) is 33.9 Å². The van der Waals surface area contributed by atoms with Crippen LogP contribution in [0.4, 0.5) is 0 Å². The molecule has 0 unspecified atom stereocenters. The van der Waals surface area contributed by atoms with Gasteiger partial charge in [0, 0.05) is 25.9 Å². The lowest BCUT2D eigenvalue weighted by atomic mass is 9.95. The number of carbonyl (C=O) groups excluding carboxylic acids is 1. The fourth-order valence-corrected chi connectivity index (χ4v) is 3.68. The molecule has 0 bridgehead atoms. The zero-order chi connectivity index (χ0) is 17.6. The van der Waals surface area contributed by atoms with Crippen LogP contribution in [0.15, 0.2) is 29.1 Å². The van der Waals surface area contributed by atoms with Crippen molar-refractivity contribution >= 4 is 16.8 Å². The van der Waals surface area contributed by atoms with Gasteiger partial charge < -0.3 is 9.88 Å². The van der Waals surface area contributed by atoms with E-state index in [-0.39, 0.29) is 11.5 Å². The highest BCUT2D eigenvalue weighted by atomic mass is 16.2. The van der Waals surface area contributed by atoms with E-state index in [1.54, 1.807) is 6.07 Å². The van der Waals surface area contributed by atoms with E-state index in [1.807, 2.05) is 30.1 Å². The summed E-state index contributed by atoms with van der Waals surface area (Å²) in [5, 5.41) is 0.587. The summed E-state index contributed by atoms with van der Waals surface area (Å²) in [4.78, 5) is 33.9. The van der Waals surface area contributed by atoms with Crippen molar-refractivity contribution in [2.24, 2.45) is 0 Å². The van der Waals surface area contributed by atoms with Crippen LogP contribution in [0.5, 0.6) is 0 Å². The van der Waals surface area contributed by atoms with Crippen LogP contribution in [-0.2, 0) is 11.2 Å². The molecule has 0 saturated heterocycles. The van der Waals surface area contributed by atoms with Crippen molar-refractivity contribution in [2.45, 2.75) is 63.8 Å². The van der Waals surface area contributed by atoms with Crippen molar-refractivity contribution in [3.05, 3.63) is 40.4 Å². The van der Waals surface area contributed by atoms with Gasteiger partial charge in [-0.15, -0.1) is 0 Å². The Morgan fingerprint density at radius 2 is 1.84 bits per heavy atom. The molecule has 1 fully saturated rings. The van der Waals surface area contributed by atoms with Gasteiger partial charge in [0.25, 0.3) is 5.56 Å². The van der Waals surface area contributed by atoms with Crippen LogP contribution < -0.4 is 5.56 Å². The Hall–Kier alpha value is -2.17. The lowest BCUT2D eigenvalue weighted by Gasteiger charge is -2.29. The first-order chi connectivity index (χ1) is 12.1. The number of nitrogens with one attached hydrogen (secondary N) is 1. The molecule has 1 aliphatic rings. The van der Waals surface area contributed by atoms with E-state index in [9.17, 15) is 9.59 Å². The van der Waals surface area contributed by atoms with Gasteiger partial charge in [0.1, 0.15) is 5.82 Å². The van der Waals surface area contributed by atoms with Crippen molar-refractivity contribution < 1.29 is 4.79 Å². The van der Waals surface area contributed by atoms with Crippen molar-refractivity contribution in [1.29, 1.82) is 0 Å². The minimum atomic E-state index is -0.138. The van der Waals surface area contributed by atoms with Crippen molar-refractivity contribution in [3.63, 3.8) is 0 Å². The fourth-order valence-electron chi connectivity index (χ4n) is 3.68. The number of para-hydroxylation sites is 1. The van der Waals surface area contributed by atoms with E-state index in [1.165, 1.54) is 32.1 Å². The van der Waals surface area contributed by atoms with Gasteiger partial charge in [-0.05, 0) is 25.0 Å². The summed E-state index contributed by atoms with van der Waals surface area (Å²) in [5.74, 6) is 0.726. The largest absolute Gasteiger partial charge is 0.343 e. The van der Waals surface area contributed by atoms with Gasteiger partial charge in [0.15, 0.2) is 0 Å². The first-order valence-corrected chi connectivity index (χ1v) is 9.39. The van der Waals surface area contributed by atoms with Gasteiger partial charge >= 0.3 is 0 Å². The van der Waals surface area contributed by atoms with Crippen LogP contribution in [0.2, 0.25) is 0 Å². The monoisotopic (exact) mass is 341 g/mol. The van der Waals surface area contributed by atoms with Crippen LogP contribution in [0.25, 0.3) is 10.9 Å². The second-order valence-corrected chi connectivity index (χ2v) is 7.03.